The van der Waals surface area contributed by atoms with Gasteiger partial charge in [0.15, 0.2) is 0 Å². The van der Waals surface area contributed by atoms with Crippen LogP contribution in [0.1, 0.15) is 35.8 Å². The van der Waals surface area contributed by atoms with Crippen molar-refractivity contribution in [3.05, 3.63) is 29.6 Å². The van der Waals surface area contributed by atoms with Crippen LogP contribution in [-0.2, 0) is 6.54 Å². The zero-order valence-electron chi connectivity index (χ0n) is 9.44. The maximum absolute atomic E-state index is 10.8. The largest absolute Gasteiger partial charge is 0.364 e. The number of rotatable bonds is 5. The van der Waals surface area contributed by atoms with E-state index in [1.807, 2.05) is 6.07 Å². The number of amides is 1. The molecular formula is C12H17N3O. The van der Waals surface area contributed by atoms with Crippen LogP contribution in [0.15, 0.2) is 18.3 Å². The van der Waals surface area contributed by atoms with E-state index in [9.17, 15) is 4.79 Å². The molecule has 1 heterocycles. The minimum absolute atomic E-state index is 0.319. The van der Waals surface area contributed by atoms with Crippen molar-refractivity contribution in [3.8, 4) is 0 Å². The molecule has 1 amide bonds. The Kier molecular flexibility index (Phi) is 3.19. The number of carbonyl (C=O) groups excluding carboxylic acids is 1. The summed E-state index contributed by atoms with van der Waals surface area (Å²) in [5.74, 6) is 0.365. The fourth-order valence-corrected chi connectivity index (χ4v) is 1.72. The van der Waals surface area contributed by atoms with Crippen LogP contribution in [0.3, 0.4) is 0 Å². The minimum Gasteiger partial charge on any atom is -0.364 e. The van der Waals surface area contributed by atoms with Gasteiger partial charge in [-0.3, -0.25) is 9.78 Å². The van der Waals surface area contributed by atoms with Gasteiger partial charge >= 0.3 is 0 Å². The first-order valence-electron chi connectivity index (χ1n) is 5.65. The molecule has 4 heteroatoms. The molecule has 0 spiro atoms. The van der Waals surface area contributed by atoms with Gasteiger partial charge in [0, 0.05) is 18.8 Å². The van der Waals surface area contributed by atoms with E-state index in [0.29, 0.717) is 11.7 Å². The Morgan fingerprint density at radius 3 is 2.88 bits per heavy atom. The molecule has 1 atom stereocenters. The molecule has 1 aromatic rings. The molecule has 4 nitrogen and oxygen atoms in total. The summed E-state index contributed by atoms with van der Waals surface area (Å²) in [6, 6.07) is 4.12. The Hall–Kier alpha value is -1.42. The van der Waals surface area contributed by atoms with Gasteiger partial charge in [-0.15, -0.1) is 0 Å². The summed E-state index contributed by atoms with van der Waals surface area (Å²) in [7, 11) is 0. The van der Waals surface area contributed by atoms with Crippen LogP contribution in [0.25, 0.3) is 0 Å². The Bertz CT molecular complexity index is 370. The molecule has 16 heavy (non-hydrogen) atoms. The molecule has 0 saturated heterocycles. The number of nitrogens with zero attached hydrogens (tertiary/aromatic N) is 1. The highest BCUT2D eigenvalue weighted by molar-refractivity contribution is 5.90. The van der Waals surface area contributed by atoms with Crippen LogP contribution in [0.4, 0.5) is 0 Å². The standard InChI is InChI=1S/C12H17N3O/c1-8(10-3-4-10)14-6-9-2-5-11(12(13)16)15-7-9/h2,5,7-8,10,14H,3-4,6H2,1H3,(H2,13,16). The second kappa shape index (κ2) is 4.61. The van der Waals surface area contributed by atoms with Gasteiger partial charge in [0.05, 0.1) is 0 Å². The highest BCUT2D eigenvalue weighted by atomic mass is 16.1. The molecule has 2 rings (SSSR count). The average molecular weight is 219 g/mol. The highest BCUT2D eigenvalue weighted by Gasteiger charge is 2.27. The first-order valence-corrected chi connectivity index (χ1v) is 5.65. The Balaban J connectivity index is 1.86. The normalized spacial score (nSPS) is 17.1. The van der Waals surface area contributed by atoms with Crippen molar-refractivity contribution in [3.63, 3.8) is 0 Å². The fraction of sp³-hybridized carbons (Fsp3) is 0.500. The van der Waals surface area contributed by atoms with E-state index >= 15 is 0 Å². The lowest BCUT2D eigenvalue weighted by atomic mass is 10.2. The quantitative estimate of drug-likeness (QED) is 0.778. The second-order valence-electron chi connectivity index (χ2n) is 4.42. The summed E-state index contributed by atoms with van der Waals surface area (Å²) in [6.07, 6.45) is 4.38. The van der Waals surface area contributed by atoms with Crippen LogP contribution in [0.2, 0.25) is 0 Å². The van der Waals surface area contributed by atoms with Gasteiger partial charge in [-0.25, -0.2) is 0 Å². The SMILES string of the molecule is CC(NCc1ccc(C(N)=O)nc1)C1CC1. The van der Waals surface area contributed by atoms with Gasteiger partial charge in [0.25, 0.3) is 5.91 Å². The molecule has 1 fully saturated rings. The number of hydrogen-bond acceptors (Lipinski definition) is 3. The zero-order valence-corrected chi connectivity index (χ0v) is 9.44. The molecule has 0 aliphatic heterocycles. The summed E-state index contributed by atoms with van der Waals surface area (Å²) < 4.78 is 0. The molecule has 1 aliphatic rings. The van der Waals surface area contributed by atoms with Crippen molar-refractivity contribution in [2.45, 2.75) is 32.4 Å². The smallest absolute Gasteiger partial charge is 0.267 e. The summed E-state index contributed by atoms with van der Waals surface area (Å²) >= 11 is 0. The average Bonchev–Trinajstić information content (AvgIpc) is 3.10. The molecular weight excluding hydrogens is 202 g/mol. The Morgan fingerprint density at radius 2 is 2.38 bits per heavy atom. The molecule has 1 aromatic heterocycles. The number of hydrogen-bond donors (Lipinski definition) is 2. The maximum Gasteiger partial charge on any atom is 0.267 e. The van der Waals surface area contributed by atoms with Crippen LogP contribution < -0.4 is 11.1 Å². The third-order valence-electron chi connectivity index (χ3n) is 3.03. The van der Waals surface area contributed by atoms with Crippen LogP contribution in [-0.4, -0.2) is 16.9 Å². The molecule has 1 saturated carbocycles. The van der Waals surface area contributed by atoms with Gasteiger partial charge in [-0.05, 0) is 37.3 Å². The third kappa shape index (κ3) is 2.79. The van der Waals surface area contributed by atoms with Gasteiger partial charge in [-0.2, -0.15) is 0 Å². The molecule has 0 aromatic carbocycles. The number of pyridine rings is 1. The van der Waals surface area contributed by atoms with E-state index in [2.05, 4.69) is 17.2 Å². The Morgan fingerprint density at radius 1 is 1.62 bits per heavy atom. The molecule has 0 radical (unpaired) electrons. The second-order valence-corrected chi connectivity index (χ2v) is 4.42. The van der Waals surface area contributed by atoms with E-state index in [1.54, 1.807) is 12.3 Å². The lowest BCUT2D eigenvalue weighted by Crippen LogP contribution is -2.27. The number of primary amides is 1. The highest BCUT2D eigenvalue weighted by Crippen LogP contribution is 2.32. The summed E-state index contributed by atoms with van der Waals surface area (Å²) in [5.41, 5.74) is 6.52. The topological polar surface area (TPSA) is 68.0 Å². The predicted molar refractivity (Wildman–Crippen MR) is 61.8 cm³/mol. The van der Waals surface area contributed by atoms with Gasteiger partial charge in [-0.1, -0.05) is 6.07 Å². The number of carbonyl (C=O) groups is 1. The third-order valence-corrected chi connectivity index (χ3v) is 3.03. The predicted octanol–water partition coefficient (Wildman–Crippen LogP) is 1.07. The Labute approximate surface area is 95.3 Å². The van der Waals surface area contributed by atoms with Crippen molar-refractivity contribution < 1.29 is 4.79 Å². The summed E-state index contributed by atoms with van der Waals surface area (Å²) in [5, 5.41) is 3.45. The molecule has 1 aliphatic carbocycles. The number of aromatic nitrogens is 1. The van der Waals surface area contributed by atoms with Crippen LogP contribution in [0.5, 0.6) is 0 Å². The van der Waals surface area contributed by atoms with E-state index in [-0.39, 0.29) is 0 Å². The van der Waals surface area contributed by atoms with Crippen molar-refractivity contribution >= 4 is 5.91 Å². The van der Waals surface area contributed by atoms with Crippen LogP contribution in [0, 0.1) is 5.92 Å². The van der Waals surface area contributed by atoms with Crippen molar-refractivity contribution in [2.24, 2.45) is 11.7 Å². The summed E-state index contributed by atoms with van der Waals surface area (Å²) in [6.45, 7) is 3.01. The fourth-order valence-electron chi connectivity index (χ4n) is 1.72. The lowest BCUT2D eigenvalue weighted by Gasteiger charge is -2.12. The molecule has 1 unspecified atom stereocenters. The van der Waals surface area contributed by atoms with E-state index < -0.39 is 5.91 Å². The van der Waals surface area contributed by atoms with Crippen molar-refractivity contribution in [2.75, 3.05) is 0 Å². The van der Waals surface area contributed by atoms with Crippen molar-refractivity contribution in [1.82, 2.24) is 10.3 Å². The minimum atomic E-state index is -0.481. The van der Waals surface area contributed by atoms with E-state index in [1.165, 1.54) is 12.8 Å². The summed E-state index contributed by atoms with van der Waals surface area (Å²) in [4.78, 5) is 14.8. The van der Waals surface area contributed by atoms with E-state index in [0.717, 1.165) is 18.0 Å². The van der Waals surface area contributed by atoms with Crippen LogP contribution >= 0.6 is 0 Å². The lowest BCUT2D eigenvalue weighted by molar-refractivity contribution is 0.0995. The van der Waals surface area contributed by atoms with Gasteiger partial charge < -0.3 is 11.1 Å². The first kappa shape index (κ1) is 11.1. The maximum atomic E-state index is 10.8. The molecule has 0 bridgehead atoms. The number of nitrogens with two attached hydrogens (primary N) is 1. The van der Waals surface area contributed by atoms with Crippen molar-refractivity contribution in [1.29, 1.82) is 0 Å². The number of nitrogens with one attached hydrogen (secondary N) is 1. The molecule has 86 valence electrons. The monoisotopic (exact) mass is 219 g/mol. The first-order chi connectivity index (χ1) is 7.66. The van der Waals surface area contributed by atoms with Gasteiger partial charge in [0.1, 0.15) is 5.69 Å². The van der Waals surface area contributed by atoms with E-state index in [4.69, 9.17) is 5.73 Å². The zero-order chi connectivity index (χ0) is 11.5. The molecule has 3 N–H and O–H groups in total. The van der Waals surface area contributed by atoms with Gasteiger partial charge in [0.2, 0.25) is 0 Å².